The number of carbonyl (C=O) groups is 3. The van der Waals surface area contributed by atoms with Crippen molar-refractivity contribution in [2.24, 2.45) is 0 Å². The molecule has 0 bridgehead atoms. The second-order valence-corrected chi connectivity index (χ2v) is 6.63. The van der Waals surface area contributed by atoms with Crippen molar-refractivity contribution in [3.8, 4) is 11.1 Å². The van der Waals surface area contributed by atoms with Crippen LogP contribution in [0.2, 0.25) is 0 Å². The minimum atomic E-state index is -1.36. The number of amides is 2. The summed E-state index contributed by atoms with van der Waals surface area (Å²) in [6, 6.07) is 14.5. The SMILES string of the molecule is C=CCOC(=O)N[C@H](CNC(=O)OCC1c2ccccc2-c2ccccc21)C(=O)O. The van der Waals surface area contributed by atoms with Gasteiger partial charge in [-0.2, -0.15) is 0 Å². The van der Waals surface area contributed by atoms with Crippen LogP contribution in [-0.4, -0.2) is 49.1 Å². The average Bonchev–Trinajstić information content (AvgIpc) is 3.07. The van der Waals surface area contributed by atoms with Gasteiger partial charge < -0.3 is 25.2 Å². The molecule has 30 heavy (non-hydrogen) atoms. The number of carboxylic acid groups (broad SMARTS) is 1. The maximum absolute atomic E-state index is 12.1. The Kier molecular flexibility index (Phi) is 6.69. The van der Waals surface area contributed by atoms with Gasteiger partial charge in [-0.3, -0.25) is 0 Å². The van der Waals surface area contributed by atoms with Gasteiger partial charge in [-0.25, -0.2) is 14.4 Å². The van der Waals surface area contributed by atoms with E-state index >= 15 is 0 Å². The second kappa shape index (κ2) is 9.60. The van der Waals surface area contributed by atoms with Crippen LogP contribution in [0.3, 0.4) is 0 Å². The normalized spacial score (nSPS) is 12.8. The van der Waals surface area contributed by atoms with Gasteiger partial charge in [-0.05, 0) is 22.3 Å². The van der Waals surface area contributed by atoms with Crippen LogP contribution in [0.4, 0.5) is 9.59 Å². The largest absolute Gasteiger partial charge is 0.480 e. The Morgan fingerprint density at radius 1 is 1.00 bits per heavy atom. The molecule has 0 aromatic heterocycles. The molecule has 2 aromatic rings. The topological polar surface area (TPSA) is 114 Å². The van der Waals surface area contributed by atoms with Gasteiger partial charge in [-0.15, -0.1) is 0 Å². The molecule has 1 aliphatic rings. The molecule has 3 rings (SSSR count). The molecule has 8 nitrogen and oxygen atoms in total. The van der Waals surface area contributed by atoms with Crippen LogP contribution >= 0.6 is 0 Å². The minimum Gasteiger partial charge on any atom is -0.480 e. The number of aliphatic carboxylic acids is 1. The second-order valence-electron chi connectivity index (χ2n) is 6.63. The van der Waals surface area contributed by atoms with E-state index in [2.05, 4.69) is 21.9 Å². The predicted octanol–water partition coefficient (Wildman–Crippen LogP) is 2.89. The number of nitrogens with one attached hydrogen (secondary N) is 2. The molecule has 156 valence electrons. The standard InChI is InChI=1S/C22H22N2O6/c1-2-11-29-22(28)24-19(20(25)26)12-23-21(27)30-13-18-16-9-5-3-7-14(16)15-8-4-6-10-17(15)18/h2-10,18-19H,1,11-13H2,(H,23,27)(H,24,28)(H,25,26)/t19-/m1/s1. The molecule has 0 spiro atoms. The number of carboxylic acids is 1. The Balaban J connectivity index is 1.56. The van der Waals surface area contributed by atoms with E-state index in [0.717, 1.165) is 22.3 Å². The van der Waals surface area contributed by atoms with Crippen LogP contribution < -0.4 is 10.6 Å². The van der Waals surface area contributed by atoms with Crippen molar-refractivity contribution >= 4 is 18.2 Å². The van der Waals surface area contributed by atoms with E-state index < -0.39 is 24.2 Å². The van der Waals surface area contributed by atoms with Gasteiger partial charge in [-0.1, -0.05) is 61.2 Å². The number of ether oxygens (including phenoxy) is 2. The molecule has 0 heterocycles. The number of hydrogen-bond donors (Lipinski definition) is 3. The molecule has 2 aromatic carbocycles. The lowest BCUT2D eigenvalue weighted by Gasteiger charge is -2.17. The van der Waals surface area contributed by atoms with Crippen LogP contribution in [-0.2, 0) is 14.3 Å². The highest BCUT2D eigenvalue weighted by atomic mass is 16.6. The lowest BCUT2D eigenvalue weighted by atomic mass is 9.98. The smallest absolute Gasteiger partial charge is 0.408 e. The third kappa shape index (κ3) is 4.78. The van der Waals surface area contributed by atoms with Gasteiger partial charge in [0.25, 0.3) is 0 Å². The number of benzene rings is 2. The van der Waals surface area contributed by atoms with Gasteiger partial charge in [0.15, 0.2) is 0 Å². The highest BCUT2D eigenvalue weighted by molar-refractivity contribution is 5.81. The van der Waals surface area contributed by atoms with Gasteiger partial charge in [0.2, 0.25) is 0 Å². The molecular weight excluding hydrogens is 388 g/mol. The summed E-state index contributed by atoms with van der Waals surface area (Å²) < 4.78 is 10.0. The maximum Gasteiger partial charge on any atom is 0.408 e. The molecule has 1 aliphatic carbocycles. The number of hydrogen-bond acceptors (Lipinski definition) is 5. The molecule has 0 saturated heterocycles. The van der Waals surface area contributed by atoms with Gasteiger partial charge in [0, 0.05) is 5.92 Å². The summed E-state index contributed by atoms with van der Waals surface area (Å²) >= 11 is 0. The maximum atomic E-state index is 12.1. The van der Waals surface area contributed by atoms with Crippen molar-refractivity contribution in [3.63, 3.8) is 0 Å². The summed E-state index contributed by atoms with van der Waals surface area (Å²) in [5.74, 6) is -1.42. The Hall–Kier alpha value is -3.81. The molecule has 8 heteroatoms. The quantitative estimate of drug-likeness (QED) is 0.577. The summed E-state index contributed by atoms with van der Waals surface area (Å²) in [5, 5.41) is 13.7. The van der Waals surface area contributed by atoms with E-state index in [1.54, 1.807) is 0 Å². The van der Waals surface area contributed by atoms with Crippen LogP contribution in [0.5, 0.6) is 0 Å². The first kappa shape index (κ1) is 20.9. The number of carbonyl (C=O) groups excluding carboxylic acids is 2. The third-order valence-corrected chi connectivity index (χ3v) is 4.72. The summed E-state index contributed by atoms with van der Waals surface area (Å²) in [6.07, 6.45) is -0.342. The summed E-state index contributed by atoms with van der Waals surface area (Å²) in [5.41, 5.74) is 4.36. The monoisotopic (exact) mass is 410 g/mol. The van der Waals surface area contributed by atoms with Gasteiger partial charge in [0.1, 0.15) is 19.3 Å². The Labute approximate surface area is 173 Å². The lowest BCUT2D eigenvalue weighted by molar-refractivity contribution is -0.139. The highest BCUT2D eigenvalue weighted by Gasteiger charge is 2.29. The van der Waals surface area contributed by atoms with Crippen molar-refractivity contribution < 1.29 is 29.0 Å². The van der Waals surface area contributed by atoms with Crippen LogP contribution in [0.15, 0.2) is 61.2 Å². The molecule has 3 N–H and O–H groups in total. The molecule has 0 unspecified atom stereocenters. The molecule has 0 aliphatic heterocycles. The summed E-state index contributed by atoms with van der Waals surface area (Å²) in [7, 11) is 0. The van der Waals surface area contributed by atoms with E-state index in [1.165, 1.54) is 6.08 Å². The zero-order valence-electron chi connectivity index (χ0n) is 16.2. The lowest BCUT2D eigenvalue weighted by Crippen LogP contribution is -2.48. The van der Waals surface area contributed by atoms with Crippen LogP contribution in [0.25, 0.3) is 11.1 Å². The fraction of sp³-hybridized carbons (Fsp3) is 0.227. The molecular formula is C22H22N2O6. The van der Waals surface area contributed by atoms with E-state index in [0.29, 0.717) is 0 Å². The van der Waals surface area contributed by atoms with E-state index in [1.807, 2.05) is 48.5 Å². The fourth-order valence-electron chi connectivity index (χ4n) is 3.35. The first-order chi connectivity index (χ1) is 14.5. The van der Waals surface area contributed by atoms with Crippen molar-refractivity contribution in [2.45, 2.75) is 12.0 Å². The first-order valence-corrected chi connectivity index (χ1v) is 9.37. The van der Waals surface area contributed by atoms with Crippen molar-refractivity contribution in [1.29, 1.82) is 0 Å². The molecule has 1 atom stereocenters. The predicted molar refractivity (Wildman–Crippen MR) is 109 cm³/mol. The summed E-state index contributed by atoms with van der Waals surface area (Å²) in [6.45, 7) is 3.09. The molecule has 0 saturated carbocycles. The Bertz CT molecular complexity index is 913. The van der Waals surface area contributed by atoms with E-state index in [9.17, 15) is 19.5 Å². The summed E-state index contributed by atoms with van der Waals surface area (Å²) in [4.78, 5) is 34.9. The molecule has 0 fully saturated rings. The highest BCUT2D eigenvalue weighted by Crippen LogP contribution is 2.44. The van der Waals surface area contributed by atoms with E-state index in [4.69, 9.17) is 4.74 Å². The van der Waals surface area contributed by atoms with Crippen molar-refractivity contribution in [3.05, 3.63) is 72.3 Å². The van der Waals surface area contributed by atoms with Gasteiger partial charge in [0.05, 0.1) is 6.54 Å². The average molecular weight is 410 g/mol. The zero-order valence-corrected chi connectivity index (χ0v) is 16.2. The number of alkyl carbamates (subject to hydrolysis) is 2. The van der Waals surface area contributed by atoms with Crippen LogP contribution in [0.1, 0.15) is 17.0 Å². The third-order valence-electron chi connectivity index (χ3n) is 4.72. The van der Waals surface area contributed by atoms with Crippen molar-refractivity contribution in [2.75, 3.05) is 19.8 Å². The Morgan fingerprint density at radius 3 is 2.17 bits per heavy atom. The van der Waals surface area contributed by atoms with E-state index in [-0.39, 0.29) is 25.7 Å². The Morgan fingerprint density at radius 2 is 1.60 bits per heavy atom. The minimum absolute atomic E-state index is 0.0576. The number of rotatable bonds is 8. The molecule has 2 amide bonds. The van der Waals surface area contributed by atoms with Crippen molar-refractivity contribution in [1.82, 2.24) is 10.6 Å². The van der Waals surface area contributed by atoms with Crippen LogP contribution in [0, 0.1) is 0 Å². The fourth-order valence-corrected chi connectivity index (χ4v) is 3.35. The molecule has 0 radical (unpaired) electrons. The first-order valence-electron chi connectivity index (χ1n) is 9.37. The van der Waals surface area contributed by atoms with Gasteiger partial charge >= 0.3 is 18.2 Å². The zero-order chi connectivity index (χ0) is 21.5. The number of fused-ring (bicyclic) bond motifs is 3.